The molecule has 0 amide bonds. The van der Waals surface area contributed by atoms with Crippen molar-refractivity contribution < 1.29 is 4.74 Å². The van der Waals surface area contributed by atoms with Gasteiger partial charge in [0, 0.05) is 19.0 Å². The molecule has 0 saturated carbocycles. The van der Waals surface area contributed by atoms with Gasteiger partial charge in [0.05, 0.1) is 18.8 Å². The maximum atomic E-state index is 5.35. The Morgan fingerprint density at radius 1 is 1.47 bits per heavy atom. The first-order valence-electron chi connectivity index (χ1n) is 5.11. The van der Waals surface area contributed by atoms with Crippen molar-refractivity contribution >= 4 is 5.52 Å². The lowest BCUT2D eigenvalue weighted by atomic mass is 10.0. The minimum absolute atomic E-state index is 0.517. The zero-order chi connectivity index (χ0) is 10.3. The van der Waals surface area contributed by atoms with Crippen molar-refractivity contribution in [3.63, 3.8) is 0 Å². The highest BCUT2D eigenvalue weighted by Crippen LogP contribution is 2.24. The van der Waals surface area contributed by atoms with E-state index in [2.05, 4.69) is 14.7 Å². The number of rotatable bonds is 2. The van der Waals surface area contributed by atoms with E-state index in [1.807, 2.05) is 24.4 Å². The molecule has 2 aromatic rings. The van der Waals surface area contributed by atoms with Gasteiger partial charge in [-0.25, -0.2) is 4.98 Å². The summed E-state index contributed by atoms with van der Waals surface area (Å²) in [4.78, 5) is 4.47. The molecule has 1 aliphatic heterocycles. The summed E-state index contributed by atoms with van der Waals surface area (Å²) < 4.78 is 7.44. The third-order valence-corrected chi connectivity index (χ3v) is 2.90. The van der Waals surface area contributed by atoms with E-state index in [9.17, 15) is 0 Å². The molecule has 0 unspecified atom stereocenters. The molecule has 1 fully saturated rings. The van der Waals surface area contributed by atoms with Crippen LogP contribution in [0.25, 0.3) is 5.52 Å². The maximum Gasteiger partial charge on any atom is 0.199 e. The van der Waals surface area contributed by atoms with E-state index in [0.29, 0.717) is 5.92 Å². The van der Waals surface area contributed by atoms with Gasteiger partial charge in [-0.3, -0.25) is 4.40 Å². The van der Waals surface area contributed by atoms with Gasteiger partial charge in [0.15, 0.2) is 5.88 Å². The second-order valence-electron chi connectivity index (χ2n) is 3.80. The highest BCUT2D eigenvalue weighted by Gasteiger charge is 2.24. The second kappa shape index (κ2) is 3.24. The summed E-state index contributed by atoms with van der Waals surface area (Å²) >= 11 is 0. The van der Waals surface area contributed by atoms with E-state index in [-0.39, 0.29) is 0 Å². The molecular formula is C11H13N3O. The topological polar surface area (TPSA) is 38.6 Å². The van der Waals surface area contributed by atoms with Crippen molar-refractivity contribution in [2.24, 2.45) is 0 Å². The van der Waals surface area contributed by atoms with Crippen LogP contribution in [0.1, 0.15) is 11.7 Å². The minimum atomic E-state index is 0.517. The molecule has 0 spiro atoms. The molecule has 1 N–H and O–H groups in total. The lowest BCUT2D eigenvalue weighted by Crippen LogP contribution is -2.40. The Morgan fingerprint density at radius 2 is 2.33 bits per heavy atom. The number of hydrogen-bond donors (Lipinski definition) is 1. The second-order valence-corrected chi connectivity index (χ2v) is 3.80. The maximum absolute atomic E-state index is 5.35. The van der Waals surface area contributed by atoms with Gasteiger partial charge in [-0.2, -0.15) is 0 Å². The Labute approximate surface area is 87.9 Å². The van der Waals surface area contributed by atoms with Crippen molar-refractivity contribution in [3.05, 3.63) is 30.2 Å². The summed E-state index contributed by atoms with van der Waals surface area (Å²) in [7, 11) is 1.69. The summed E-state index contributed by atoms with van der Waals surface area (Å²) in [5, 5.41) is 3.26. The van der Waals surface area contributed by atoms with Crippen molar-refractivity contribution in [3.8, 4) is 5.88 Å². The fraction of sp³-hybridized carbons (Fsp3) is 0.364. The molecule has 0 bridgehead atoms. The number of hydrogen-bond acceptors (Lipinski definition) is 3. The van der Waals surface area contributed by atoms with Gasteiger partial charge in [-0.05, 0) is 12.1 Å². The number of aromatic nitrogens is 2. The number of ether oxygens (including phenoxy) is 1. The molecule has 3 heterocycles. The predicted octanol–water partition coefficient (Wildman–Crippen LogP) is 1.03. The fourth-order valence-electron chi connectivity index (χ4n) is 1.96. The average Bonchev–Trinajstić information content (AvgIpc) is 2.59. The first-order valence-corrected chi connectivity index (χ1v) is 5.11. The Hall–Kier alpha value is -1.55. The largest absolute Gasteiger partial charge is 0.482 e. The van der Waals surface area contributed by atoms with Crippen molar-refractivity contribution in [1.82, 2.24) is 14.7 Å². The molecule has 78 valence electrons. The lowest BCUT2D eigenvalue weighted by Gasteiger charge is -2.26. The Kier molecular flexibility index (Phi) is 1.89. The smallest absolute Gasteiger partial charge is 0.199 e. The number of fused-ring (bicyclic) bond motifs is 1. The number of pyridine rings is 1. The molecule has 3 rings (SSSR count). The number of imidazole rings is 1. The molecule has 1 saturated heterocycles. The lowest BCUT2D eigenvalue weighted by molar-refractivity contribution is 0.378. The highest BCUT2D eigenvalue weighted by molar-refractivity contribution is 5.49. The van der Waals surface area contributed by atoms with Crippen LogP contribution in [0.4, 0.5) is 0 Å². The molecule has 15 heavy (non-hydrogen) atoms. The van der Waals surface area contributed by atoms with E-state index in [1.165, 1.54) is 0 Å². The minimum Gasteiger partial charge on any atom is -0.482 e. The van der Waals surface area contributed by atoms with Gasteiger partial charge in [-0.1, -0.05) is 6.07 Å². The summed E-state index contributed by atoms with van der Waals surface area (Å²) in [6, 6.07) is 5.99. The third-order valence-electron chi connectivity index (χ3n) is 2.90. The molecule has 0 aliphatic carbocycles. The van der Waals surface area contributed by atoms with E-state index in [1.54, 1.807) is 7.11 Å². The van der Waals surface area contributed by atoms with Crippen LogP contribution >= 0.6 is 0 Å². The van der Waals surface area contributed by atoms with E-state index in [0.717, 1.165) is 30.3 Å². The molecule has 4 nitrogen and oxygen atoms in total. The monoisotopic (exact) mass is 203 g/mol. The first kappa shape index (κ1) is 8.73. The Balaban J connectivity index is 2.20. The van der Waals surface area contributed by atoms with Crippen LogP contribution in [0.5, 0.6) is 5.88 Å². The van der Waals surface area contributed by atoms with Crippen LogP contribution in [0.15, 0.2) is 24.4 Å². The molecule has 0 radical (unpaired) electrons. The summed E-state index contributed by atoms with van der Waals surface area (Å²) in [6.07, 6.45) is 1.90. The SMILES string of the molecule is COc1cccc2cnc(C3CNC3)n12. The molecule has 4 heteroatoms. The van der Waals surface area contributed by atoms with E-state index >= 15 is 0 Å². The van der Waals surface area contributed by atoms with Crippen LogP contribution in [0.2, 0.25) is 0 Å². The van der Waals surface area contributed by atoms with Gasteiger partial charge in [-0.15, -0.1) is 0 Å². The summed E-state index contributed by atoms with van der Waals surface area (Å²) in [5.74, 6) is 2.47. The fourth-order valence-corrected chi connectivity index (χ4v) is 1.96. The van der Waals surface area contributed by atoms with Crippen molar-refractivity contribution in [2.75, 3.05) is 20.2 Å². The zero-order valence-corrected chi connectivity index (χ0v) is 8.60. The summed E-state index contributed by atoms with van der Waals surface area (Å²) in [5.41, 5.74) is 1.09. The van der Waals surface area contributed by atoms with Gasteiger partial charge in [0.2, 0.25) is 0 Å². The normalized spacial score (nSPS) is 16.6. The van der Waals surface area contributed by atoms with E-state index < -0.39 is 0 Å². The third kappa shape index (κ3) is 1.22. The van der Waals surface area contributed by atoms with Gasteiger partial charge in [0.25, 0.3) is 0 Å². The number of nitrogens with zero attached hydrogens (tertiary/aromatic N) is 2. The molecule has 1 aliphatic rings. The van der Waals surface area contributed by atoms with Crippen LogP contribution in [0, 0.1) is 0 Å². The average molecular weight is 203 g/mol. The first-order chi connectivity index (χ1) is 7.40. The Bertz CT molecular complexity index is 488. The predicted molar refractivity (Wildman–Crippen MR) is 57.4 cm³/mol. The molecule has 2 aromatic heterocycles. The number of methoxy groups -OCH3 is 1. The van der Waals surface area contributed by atoms with Gasteiger partial charge >= 0.3 is 0 Å². The molecule has 0 atom stereocenters. The standard InChI is InChI=1S/C11H13N3O/c1-15-10-4-2-3-9-7-13-11(14(9)10)8-5-12-6-8/h2-4,7-8,12H,5-6H2,1H3. The van der Waals surface area contributed by atoms with Crippen LogP contribution in [-0.2, 0) is 0 Å². The van der Waals surface area contributed by atoms with Crippen LogP contribution < -0.4 is 10.1 Å². The van der Waals surface area contributed by atoms with Gasteiger partial charge < -0.3 is 10.1 Å². The summed E-state index contributed by atoms with van der Waals surface area (Å²) in [6.45, 7) is 2.02. The highest BCUT2D eigenvalue weighted by atomic mass is 16.5. The van der Waals surface area contributed by atoms with Crippen molar-refractivity contribution in [1.29, 1.82) is 0 Å². The molecule has 0 aromatic carbocycles. The zero-order valence-electron chi connectivity index (χ0n) is 8.60. The van der Waals surface area contributed by atoms with Crippen LogP contribution in [-0.4, -0.2) is 29.6 Å². The Morgan fingerprint density at radius 3 is 3.00 bits per heavy atom. The van der Waals surface area contributed by atoms with Gasteiger partial charge in [0.1, 0.15) is 5.82 Å². The molecular weight excluding hydrogens is 190 g/mol. The number of nitrogens with one attached hydrogen (secondary N) is 1. The van der Waals surface area contributed by atoms with E-state index in [4.69, 9.17) is 4.74 Å². The quantitative estimate of drug-likeness (QED) is 0.792. The van der Waals surface area contributed by atoms with Crippen molar-refractivity contribution in [2.45, 2.75) is 5.92 Å². The van der Waals surface area contributed by atoms with Crippen LogP contribution in [0.3, 0.4) is 0 Å².